The van der Waals surface area contributed by atoms with Gasteiger partial charge in [-0.1, -0.05) is 0 Å². The fourth-order valence-corrected chi connectivity index (χ4v) is 1.61. The molecule has 0 aromatic carbocycles. The standard InChI is InChI=1S/C11H9N7O2/c19-10(16-17-11(20)8-5-13-18-15-8)7-2-1-6-3-4-12-9(6)14-7/h1-5H,(H,12,14)(H,16,19)(H,17,20)(H,13,15,18). The summed E-state index contributed by atoms with van der Waals surface area (Å²) in [7, 11) is 0. The van der Waals surface area contributed by atoms with Crippen LogP contribution in [0.1, 0.15) is 21.0 Å². The second-order valence-electron chi connectivity index (χ2n) is 3.88. The highest BCUT2D eigenvalue weighted by atomic mass is 16.2. The van der Waals surface area contributed by atoms with Crippen molar-refractivity contribution in [1.29, 1.82) is 0 Å². The Bertz CT molecular complexity index is 762. The van der Waals surface area contributed by atoms with Gasteiger partial charge in [-0.25, -0.2) is 4.98 Å². The summed E-state index contributed by atoms with van der Waals surface area (Å²) in [6.07, 6.45) is 2.97. The van der Waals surface area contributed by atoms with Crippen LogP contribution in [-0.2, 0) is 0 Å². The average molecular weight is 271 g/mol. The molecule has 2 amide bonds. The molecule has 0 spiro atoms. The second-order valence-corrected chi connectivity index (χ2v) is 3.88. The van der Waals surface area contributed by atoms with Crippen molar-refractivity contribution >= 4 is 22.8 Å². The zero-order valence-corrected chi connectivity index (χ0v) is 10.0. The van der Waals surface area contributed by atoms with E-state index in [4.69, 9.17) is 0 Å². The predicted octanol–water partition coefficient (Wildman–Crippen LogP) is -0.244. The van der Waals surface area contributed by atoms with Crippen LogP contribution in [0, 0.1) is 0 Å². The van der Waals surface area contributed by atoms with E-state index >= 15 is 0 Å². The Hall–Kier alpha value is -3.23. The van der Waals surface area contributed by atoms with Crippen LogP contribution in [0.25, 0.3) is 11.0 Å². The number of hydrogen-bond donors (Lipinski definition) is 4. The van der Waals surface area contributed by atoms with Gasteiger partial charge in [-0.15, -0.1) is 0 Å². The van der Waals surface area contributed by atoms with Crippen LogP contribution in [0.3, 0.4) is 0 Å². The number of aromatic nitrogens is 5. The maximum Gasteiger partial charge on any atom is 0.291 e. The van der Waals surface area contributed by atoms with Gasteiger partial charge in [0.25, 0.3) is 11.8 Å². The number of nitrogens with one attached hydrogen (secondary N) is 4. The Morgan fingerprint density at radius 3 is 2.60 bits per heavy atom. The summed E-state index contributed by atoms with van der Waals surface area (Å²) in [5, 5.41) is 10.3. The summed E-state index contributed by atoms with van der Waals surface area (Å²) in [6, 6.07) is 5.16. The highest BCUT2D eigenvalue weighted by molar-refractivity contribution is 5.98. The number of H-pyrrole nitrogens is 2. The van der Waals surface area contributed by atoms with Crippen LogP contribution >= 0.6 is 0 Å². The van der Waals surface area contributed by atoms with Gasteiger partial charge in [-0.3, -0.25) is 20.4 Å². The van der Waals surface area contributed by atoms with Crippen molar-refractivity contribution in [3.8, 4) is 0 Å². The molecule has 9 nitrogen and oxygen atoms in total. The molecule has 0 aliphatic rings. The Morgan fingerprint density at radius 2 is 1.85 bits per heavy atom. The van der Waals surface area contributed by atoms with E-state index in [1.165, 1.54) is 6.20 Å². The number of rotatable bonds is 2. The lowest BCUT2D eigenvalue weighted by Gasteiger charge is -2.05. The van der Waals surface area contributed by atoms with Crippen LogP contribution < -0.4 is 10.9 Å². The van der Waals surface area contributed by atoms with E-state index in [0.29, 0.717) is 5.65 Å². The van der Waals surface area contributed by atoms with E-state index in [9.17, 15) is 9.59 Å². The first-order valence-electron chi connectivity index (χ1n) is 5.64. The van der Waals surface area contributed by atoms with Crippen molar-refractivity contribution in [2.45, 2.75) is 0 Å². The van der Waals surface area contributed by atoms with Crippen molar-refractivity contribution in [3.63, 3.8) is 0 Å². The van der Waals surface area contributed by atoms with Crippen molar-refractivity contribution in [1.82, 2.24) is 36.2 Å². The highest BCUT2D eigenvalue weighted by Gasteiger charge is 2.12. The van der Waals surface area contributed by atoms with Gasteiger partial charge < -0.3 is 4.98 Å². The van der Waals surface area contributed by atoms with Gasteiger partial charge in [0.05, 0.1) is 6.20 Å². The molecule has 0 aliphatic carbocycles. The number of hydrogen-bond acceptors (Lipinski definition) is 5. The number of pyridine rings is 1. The Morgan fingerprint density at radius 1 is 1.05 bits per heavy atom. The molecule has 20 heavy (non-hydrogen) atoms. The molecule has 100 valence electrons. The summed E-state index contributed by atoms with van der Waals surface area (Å²) >= 11 is 0. The SMILES string of the molecule is O=C(NNC(=O)c1ccc2cc[nH]c2n1)c1cn[nH]n1. The lowest BCUT2D eigenvalue weighted by molar-refractivity contribution is 0.0841. The molecule has 0 radical (unpaired) electrons. The molecule has 4 N–H and O–H groups in total. The minimum absolute atomic E-state index is 0.0677. The summed E-state index contributed by atoms with van der Waals surface area (Å²) < 4.78 is 0. The van der Waals surface area contributed by atoms with Crippen LogP contribution in [0.4, 0.5) is 0 Å². The molecule has 3 heterocycles. The molecule has 0 saturated heterocycles. The zero-order chi connectivity index (χ0) is 13.9. The lowest BCUT2D eigenvalue weighted by atomic mass is 10.3. The first-order chi connectivity index (χ1) is 9.74. The Labute approximate surface area is 111 Å². The molecular weight excluding hydrogens is 262 g/mol. The summed E-state index contributed by atoms with van der Waals surface area (Å²) in [6.45, 7) is 0. The highest BCUT2D eigenvalue weighted by Crippen LogP contribution is 2.09. The number of amides is 2. The predicted molar refractivity (Wildman–Crippen MR) is 67.4 cm³/mol. The third-order valence-corrected chi connectivity index (χ3v) is 2.58. The van der Waals surface area contributed by atoms with Gasteiger partial charge in [0.1, 0.15) is 11.3 Å². The van der Waals surface area contributed by atoms with Crippen LogP contribution in [0.5, 0.6) is 0 Å². The van der Waals surface area contributed by atoms with Crippen molar-refractivity contribution in [2.75, 3.05) is 0 Å². The normalized spacial score (nSPS) is 10.4. The molecule has 3 rings (SSSR count). The fraction of sp³-hybridized carbons (Fsp3) is 0. The smallest absolute Gasteiger partial charge is 0.291 e. The van der Waals surface area contributed by atoms with Gasteiger partial charge in [-0.05, 0) is 18.2 Å². The molecule has 0 unspecified atom stereocenters. The molecule has 3 aromatic heterocycles. The first-order valence-corrected chi connectivity index (χ1v) is 5.64. The summed E-state index contributed by atoms with van der Waals surface area (Å²) in [5.74, 6) is -1.11. The van der Waals surface area contributed by atoms with Gasteiger partial charge in [0, 0.05) is 11.6 Å². The van der Waals surface area contributed by atoms with E-state index in [2.05, 4.69) is 36.2 Å². The van der Waals surface area contributed by atoms with Gasteiger partial charge in [0.15, 0.2) is 5.69 Å². The number of carbonyl (C=O) groups is 2. The number of carbonyl (C=O) groups excluding carboxylic acids is 2. The van der Waals surface area contributed by atoms with E-state index in [1.54, 1.807) is 18.3 Å². The monoisotopic (exact) mass is 271 g/mol. The quantitative estimate of drug-likeness (QED) is 0.478. The van der Waals surface area contributed by atoms with E-state index < -0.39 is 11.8 Å². The van der Waals surface area contributed by atoms with Crippen LogP contribution in [0.15, 0.2) is 30.6 Å². The summed E-state index contributed by atoms with van der Waals surface area (Å²) in [5.41, 5.74) is 5.31. The fourth-order valence-electron chi connectivity index (χ4n) is 1.61. The third-order valence-electron chi connectivity index (χ3n) is 2.58. The molecule has 0 aliphatic heterocycles. The van der Waals surface area contributed by atoms with E-state index in [0.717, 1.165) is 5.39 Å². The molecule has 0 bridgehead atoms. The van der Waals surface area contributed by atoms with Crippen LogP contribution in [0.2, 0.25) is 0 Å². The molecule has 9 heteroatoms. The second kappa shape index (κ2) is 4.80. The maximum atomic E-state index is 11.8. The Balaban J connectivity index is 1.68. The van der Waals surface area contributed by atoms with Gasteiger partial charge in [0.2, 0.25) is 0 Å². The van der Waals surface area contributed by atoms with E-state index in [1.807, 2.05) is 6.07 Å². The minimum atomic E-state index is -0.576. The number of aromatic amines is 2. The molecule has 0 atom stereocenters. The molecule has 3 aromatic rings. The van der Waals surface area contributed by atoms with Gasteiger partial charge in [-0.2, -0.15) is 15.4 Å². The minimum Gasteiger partial charge on any atom is -0.346 e. The third kappa shape index (κ3) is 2.19. The number of hydrazine groups is 1. The topological polar surface area (TPSA) is 128 Å². The lowest BCUT2D eigenvalue weighted by Crippen LogP contribution is -2.42. The first kappa shape index (κ1) is 11.8. The number of nitrogens with zero attached hydrogens (tertiary/aromatic N) is 3. The van der Waals surface area contributed by atoms with Crippen molar-refractivity contribution in [3.05, 3.63) is 42.0 Å². The maximum absolute atomic E-state index is 11.8. The number of fused-ring (bicyclic) bond motifs is 1. The largest absolute Gasteiger partial charge is 0.346 e. The van der Waals surface area contributed by atoms with Gasteiger partial charge >= 0.3 is 0 Å². The molecule has 0 saturated carbocycles. The molecule has 0 fully saturated rings. The van der Waals surface area contributed by atoms with Crippen molar-refractivity contribution < 1.29 is 9.59 Å². The van der Waals surface area contributed by atoms with Crippen LogP contribution in [-0.4, -0.2) is 37.2 Å². The average Bonchev–Trinajstić information content (AvgIpc) is 3.13. The summed E-state index contributed by atoms with van der Waals surface area (Å²) in [4.78, 5) is 30.4. The Kier molecular flexibility index (Phi) is 2.84. The zero-order valence-electron chi connectivity index (χ0n) is 10.0. The van der Waals surface area contributed by atoms with E-state index in [-0.39, 0.29) is 11.4 Å². The molecular formula is C11H9N7O2. The van der Waals surface area contributed by atoms with Crippen molar-refractivity contribution in [2.24, 2.45) is 0 Å².